The van der Waals surface area contributed by atoms with Gasteiger partial charge < -0.3 is 0 Å². The molecule has 1 aromatic carbocycles. The van der Waals surface area contributed by atoms with Crippen LogP contribution in [-0.4, -0.2) is 12.3 Å². The minimum atomic E-state index is 0.647. The Morgan fingerprint density at radius 3 is 2.65 bits per heavy atom. The number of benzene rings is 1. The molecule has 5 unspecified atom stereocenters. The van der Waals surface area contributed by atoms with Crippen LogP contribution in [0.4, 0.5) is 5.69 Å². The lowest BCUT2D eigenvalue weighted by atomic mass is 9.82. The van der Waals surface area contributed by atoms with Crippen LogP contribution < -0.4 is 4.31 Å². The van der Waals surface area contributed by atoms with Gasteiger partial charge in [0.1, 0.15) is 6.26 Å². The molecular formula is C17H19BrNS+. The maximum absolute atomic E-state index is 3.65. The van der Waals surface area contributed by atoms with Gasteiger partial charge in [0.2, 0.25) is 0 Å². The third kappa shape index (κ3) is 1.62. The van der Waals surface area contributed by atoms with E-state index in [1.54, 1.807) is 0 Å². The van der Waals surface area contributed by atoms with Crippen molar-refractivity contribution in [2.75, 3.05) is 10.6 Å². The third-order valence-corrected chi connectivity index (χ3v) is 6.65. The summed E-state index contributed by atoms with van der Waals surface area (Å²) in [5, 5.41) is 0. The number of fused-ring (bicyclic) bond motifs is 5. The van der Waals surface area contributed by atoms with Gasteiger partial charge in [0.25, 0.3) is 0 Å². The van der Waals surface area contributed by atoms with Crippen LogP contribution in [0, 0.1) is 17.8 Å². The number of thiol groups is 1. The van der Waals surface area contributed by atoms with E-state index < -0.39 is 0 Å². The number of anilines is 1. The van der Waals surface area contributed by atoms with Gasteiger partial charge in [-0.1, -0.05) is 47.2 Å². The molecule has 0 radical (unpaired) electrons. The molecule has 0 spiro atoms. The van der Waals surface area contributed by atoms with Gasteiger partial charge in [0.05, 0.1) is 23.7 Å². The summed E-state index contributed by atoms with van der Waals surface area (Å²) in [7, 11) is 0. The monoisotopic (exact) mass is 348 g/mol. The maximum Gasteiger partial charge on any atom is 0.120 e. The zero-order valence-corrected chi connectivity index (χ0v) is 14.2. The second kappa shape index (κ2) is 4.67. The normalized spacial score (nSPS) is 37.0. The first-order valence-corrected chi connectivity index (χ1v) is 9.34. The van der Waals surface area contributed by atoms with Gasteiger partial charge in [-0.25, -0.2) is 0 Å². The van der Waals surface area contributed by atoms with Gasteiger partial charge in [0, 0.05) is 10.4 Å². The Bertz CT molecular complexity index is 609. The number of allylic oxidation sites excluding steroid dienone is 4. The highest BCUT2D eigenvalue weighted by Crippen LogP contribution is 2.58. The van der Waals surface area contributed by atoms with Gasteiger partial charge in [-0.05, 0) is 41.5 Å². The lowest BCUT2D eigenvalue weighted by Gasteiger charge is -2.24. The molecule has 4 rings (SSSR count). The van der Waals surface area contributed by atoms with E-state index in [0.29, 0.717) is 29.7 Å². The Morgan fingerprint density at radius 1 is 1.15 bits per heavy atom. The van der Waals surface area contributed by atoms with Gasteiger partial charge >= 0.3 is 0 Å². The molecule has 0 bridgehead atoms. The fourth-order valence-corrected chi connectivity index (χ4v) is 5.87. The molecule has 1 nitrogen and oxygen atoms in total. The predicted molar refractivity (Wildman–Crippen MR) is 92.3 cm³/mol. The zero-order valence-electron chi connectivity index (χ0n) is 11.7. The molecule has 1 saturated carbocycles. The van der Waals surface area contributed by atoms with Crippen molar-refractivity contribution in [2.24, 2.45) is 17.8 Å². The number of rotatable bonds is 1. The van der Waals surface area contributed by atoms with Crippen molar-refractivity contribution < 1.29 is 0 Å². The van der Waals surface area contributed by atoms with Crippen LogP contribution in [0.1, 0.15) is 18.4 Å². The van der Waals surface area contributed by atoms with Gasteiger partial charge in [-0.3, -0.25) is 0 Å². The van der Waals surface area contributed by atoms with E-state index in [1.165, 1.54) is 27.7 Å². The van der Waals surface area contributed by atoms with Crippen LogP contribution in [0.2, 0.25) is 0 Å². The minimum Gasteiger partial charge on any atom is -0.193 e. The number of halogens is 1. The molecule has 20 heavy (non-hydrogen) atoms. The average molecular weight is 349 g/mol. The summed E-state index contributed by atoms with van der Waals surface area (Å²) in [6.07, 6.45) is 11.6. The Morgan fingerprint density at radius 2 is 1.90 bits per heavy atom. The van der Waals surface area contributed by atoms with Crippen LogP contribution in [0.5, 0.6) is 0 Å². The van der Waals surface area contributed by atoms with Crippen molar-refractivity contribution in [1.82, 2.24) is 0 Å². The van der Waals surface area contributed by atoms with E-state index in [9.17, 15) is 0 Å². The first-order chi connectivity index (χ1) is 9.72. The maximum atomic E-state index is 3.65. The molecule has 5 atom stereocenters. The van der Waals surface area contributed by atoms with E-state index in [0.717, 1.165) is 0 Å². The lowest BCUT2D eigenvalue weighted by Crippen LogP contribution is -2.35. The summed E-state index contributed by atoms with van der Waals surface area (Å²) in [5.41, 5.74) is 2.98. The van der Waals surface area contributed by atoms with Crippen molar-refractivity contribution in [3.63, 3.8) is 0 Å². The quantitative estimate of drug-likeness (QED) is 0.545. The fraction of sp³-hybridized carbons (Fsp3) is 0.412. The molecule has 0 aromatic heterocycles. The molecule has 3 heteroatoms. The number of hydrogen-bond donors (Lipinski definition) is 0. The predicted octanol–water partition coefficient (Wildman–Crippen LogP) is 4.09. The van der Waals surface area contributed by atoms with E-state index in [2.05, 4.69) is 75.9 Å². The van der Waals surface area contributed by atoms with Gasteiger partial charge in [0.15, 0.2) is 0 Å². The first kappa shape index (κ1) is 13.0. The van der Waals surface area contributed by atoms with E-state index in [-0.39, 0.29) is 0 Å². The summed E-state index contributed by atoms with van der Waals surface area (Å²) in [6.45, 7) is 2.44. The van der Waals surface area contributed by atoms with Crippen molar-refractivity contribution >= 4 is 33.6 Å². The van der Waals surface area contributed by atoms with Gasteiger partial charge in [-0.2, -0.15) is 4.31 Å². The molecule has 1 heterocycles. The molecule has 0 saturated heterocycles. The van der Waals surface area contributed by atoms with E-state index in [4.69, 9.17) is 0 Å². The number of hydrogen-bond acceptors (Lipinski definition) is 1. The highest BCUT2D eigenvalue weighted by molar-refractivity contribution is 9.10. The van der Waals surface area contributed by atoms with Crippen molar-refractivity contribution in [1.29, 1.82) is 0 Å². The minimum absolute atomic E-state index is 0.647. The molecule has 1 aliphatic heterocycles. The van der Waals surface area contributed by atoms with E-state index in [1.807, 2.05) is 0 Å². The SMILES string of the molecule is C[SH+]N1c2ccc(Br)cc2C2C3C=CC=CC3C(C)C21. The molecule has 1 fully saturated rings. The van der Waals surface area contributed by atoms with Crippen molar-refractivity contribution in [3.05, 3.63) is 52.5 Å². The van der Waals surface area contributed by atoms with Crippen LogP contribution in [-0.2, 0) is 11.9 Å². The largest absolute Gasteiger partial charge is 0.193 e. The van der Waals surface area contributed by atoms with Crippen molar-refractivity contribution in [3.8, 4) is 0 Å². The Balaban J connectivity index is 1.88. The second-order valence-electron chi connectivity index (χ2n) is 6.05. The Hall–Kier alpha value is -0.670. The average Bonchev–Trinajstić information content (AvgIpc) is 2.93. The molecule has 2 aliphatic carbocycles. The smallest absolute Gasteiger partial charge is 0.120 e. The number of nitrogens with zero attached hydrogens (tertiary/aromatic N) is 1. The fourth-order valence-electron chi connectivity index (χ4n) is 4.48. The standard InChI is InChI=1S/C17H18BrNS/c1-10-12-5-3-4-6-13(12)16-14-9-11(18)7-8-15(14)19(20-2)17(10)16/h3-10,12-13,16-17H,1-2H3/p+1. The molecule has 0 amide bonds. The summed E-state index contributed by atoms with van der Waals surface area (Å²) in [5.74, 6) is 2.73. The van der Waals surface area contributed by atoms with E-state index >= 15 is 0 Å². The highest BCUT2D eigenvalue weighted by atomic mass is 79.9. The summed E-state index contributed by atoms with van der Waals surface area (Å²) in [6, 6.07) is 7.46. The lowest BCUT2D eigenvalue weighted by molar-refractivity contribution is 0.430. The highest BCUT2D eigenvalue weighted by Gasteiger charge is 2.56. The second-order valence-corrected chi connectivity index (χ2v) is 7.79. The molecule has 1 aromatic rings. The van der Waals surface area contributed by atoms with Crippen LogP contribution in [0.15, 0.2) is 47.0 Å². The molecular weight excluding hydrogens is 330 g/mol. The van der Waals surface area contributed by atoms with Crippen LogP contribution in [0.25, 0.3) is 0 Å². The zero-order chi connectivity index (χ0) is 13.9. The summed E-state index contributed by atoms with van der Waals surface area (Å²) < 4.78 is 3.81. The molecule has 3 aliphatic rings. The summed E-state index contributed by atoms with van der Waals surface area (Å²) >= 11 is 5.02. The van der Waals surface area contributed by atoms with Crippen molar-refractivity contribution in [2.45, 2.75) is 18.9 Å². The Labute approximate surface area is 133 Å². The Kier molecular flexibility index (Phi) is 3.04. The summed E-state index contributed by atoms with van der Waals surface area (Å²) in [4.78, 5) is 0. The first-order valence-electron chi connectivity index (χ1n) is 7.26. The third-order valence-electron chi connectivity index (χ3n) is 5.24. The topological polar surface area (TPSA) is 3.24 Å². The molecule has 104 valence electrons. The molecule has 0 N–H and O–H groups in total. The van der Waals surface area contributed by atoms with Crippen LogP contribution in [0.3, 0.4) is 0 Å². The van der Waals surface area contributed by atoms with Crippen LogP contribution >= 0.6 is 15.9 Å². The van der Waals surface area contributed by atoms with Gasteiger partial charge in [-0.15, -0.1) is 0 Å².